The molecule has 0 aliphatic carbocycles. The van der Waals surface area contributed by atoms with Crippen molar-refractivity contribution in [2.75, 3.05) is 20.2 Å². The predicted molar refractivity (Wildman–Crippen MR) is 79.6 cm³/mol. The number of halogens is 1. The maximum Gasteiger partial charge on any atom is 0.308 e. The summed E-state index contributed by atoms with van der Waals surface area (Å²) in [4.78, 5) is 26.7. The van der Waals surface area contributed by atoms with E-state index in [1.54, 1.807) is 4.90 Å². The van der Waals surface area contributed by atoms with E-state index in [-0.39, 0.29) is 12.5 Å². The van der Waals surface area contributed by atoms with Gasteiger partial charge in [0, 0.05) is 18.0 Å². The molecule has 7 heteroatoms. The molecule has 0 unspecified atom stereocenters. The number of aliphatic carboxylic acids is 1. The first-order valence-electron chi connectivity index (χ1n) is 6.30. The van der Waals surface area contributed by atoms with E-state index in [0.717, 1.165) is 15.8 Å². The van der Waals surface area contributed by atoms with E-state index < -0.39 is 11.9 Å². The molecule has 1 fully saturated rings. The number of thiophene rings is 1. The molecule has 2 rings (SSSR count). The fourth-order valence-corrected chi connectivity index (χ4v) is 4.05. The lowest BCUT2D eigenvalue weighted by Gasteiger charge is -2.30. The zero-order valence-electron chi connectivity index (χ0n) is 11.3. The summed E-state index contributed by atoms with van der Waals surface area (Å²) >= 11 is 4.78. The number of rotatable bonds is 3. The standard InChI is InChI=1S/C13H16BrNO4S/c1-7-9(14)10(19-2)11(20-7)12(16)15-5-3-4-8(6-15)13(17)18/h8H,3-6H2,1-2H3,(H,17,18)/t8-/m1/s1. The summed E-state index contributed by atoms with van der Waals surface area (Å²) < 4.78 is 6.07. The van der Waals surface area contributed by atoms with Crippen molar-refractivity contribution in [1.82, 2.24) is 4.90 Å². The second kappa shape index (κ2) is 6.13. The first kappa shape index (κ1) is 15.3. The number of methoxy groups -OCH3 is 1. The lowest BCUT2D eigenvalue weighted by Crippen LogP contribution is -2.42. The Hall–Kier alpha value is -1.08. The first-order valence-corrected chi connectivity index (χ1v) is 7.91. The first-order chi connectivity index (χ1) is 9.45. The molecular formula is C13H16BrNO4S. The maximum absolute atomic E-state index is 12.6. The summed E-state index contributed by atoms with van der Waals surface area (Å²) in [6, 6.07) is 0. The number of carbonyl (C=O) groups is 2. The third kappa shape index (κ3) is 2.83. The molecule has 0 radical (unpaired) electrons. The molecule has 20 heavy (non-hydrogen) atoms. The van der Waals surface area contributed by atoms with Crippen molar-refractivity contribution < 1.29 is 19.4 Å². The van der Waals surface area contributed by atoms with Gasteiger partial charge in [-0.3, -0.25) is 9.59 Å². The van der Waals surface area contributed by atoms with E-state index in [1.165, 1.54) is 18.4 Å². The number of carboxylic acids is 1. The van der Waals surface area contributed by atoms with Crippen LogP contribution in [0.2, 0.25) is 0 Å². The Kier molecular flexibility index (Phi) is 4.70. The van der Waals surface area contributed by atoms with Crippen LogP contribution in [0.3, 0.4) is 0 Å². The van der Waals surface area contributed by atoms with Gasteiger partial charge in [0.25, 0.3) is 5.91 Å². The number of carbonyl (C=O) groups excluding carboxylic acids is 1. The van der Waals surface area contributed by atoms with Crippen LogP contribution in [-0.2, 0) is 4.79 Å². The Balaban J connectivity index is 2.23. The smallest absolute Gasteiger partial charge is 0.308 e. The summed E-state index contributed by atoms with van der Waals surface area (Å²) in [5.41, 5.74) is 0. The highest BCUT2D eigenvalue weighted by Gasteiger charge is 2.31. The van der Waals surface area contributed by atoms with Gasteiger partial charge >= 0.3 is 5.97 Å². The molecule has 5 nitrogen and oxygen atoms in total. The molecule has 0 spiro atoms. The molecule has 0 saturated carbocycles. The number of hydrogen-bond donors (Lipinski definition) is 1. The molecule has 1 aliphatic rings. The van der Waals surface area contributed by atoms with Crippen LogP contribution >= 0.6 is 27.3 Å². The minimum Gasteiger partial charge on any atom is -0.494 e. The molecule has 1 N–H and O–H groups in total. The topological polar surface area (TPSA) is 66.8 Å². The fourth-order valence-electron chi connectivity index (χ4n) is 2.33. The van der Waals surface area contributed by atoms with Crippen molar-refractivity contribution in [3.63, 3.8) is 0 Å². The fraction of sp³-hybridized carbons (Fsp3) is 0.538. The number of nitrogens with zero attached hydrogens (tertiary/aromatic N) is 1. The number of piperidine rings is 1. The number of aryl methyl sites for hydroxylation is 1. The summed E-state index contributed by atoms with van der Waals surface area (Å²) in [6.07, 6.45) is 1.35. The Morgan fingerprint density at radius 1 is 1.50 bits per heavy atom. The van der Waals surface area contributed by atoms with Gasteiger partial charge in [0.15, 0.2) is 5.75 Å². The molecule has 2 heterocycles. The van der Waals surface area contributed by atoms with E-state index >= 15 is 0 Å². The van der Waals surface area contributed by atoms with Crippen LogP contribution in [0.1, 0.15) is 27.4 Å². The van der Waals surface area contributed by atoms with E-state index in [1.807, 2.05) is 6.92 Å². The van der Waals surface area contributed by atoms with Crippen LogP contribution < -0.4 is 4.74 Å². The number of hydrogen-bond acceptors (Lipinski definition) is 4. The second-order valence-electron chi connectivity index (χ2n) is 4.76. The van der Waals surface area contributed by atoms with Gasteiger partial charge < -0.3 is 14.7 Å². The van der Waals surface area contributed by atoms with Crippen molar-refractivity contribution in [2.45, 2.75) is 19.8 Å². The van der Waals surface area contributed by atoms with Crippen molar-refractivity contribution >= 4 is 39.1 Å². The van der Waals surface area contributed by atoms with E-state index in [2.05, 4.69) is 15.9 Å². The molecular weight excluding hydrogens is 346 g/mol. The Bertz CT molecular complexity index is 543. The number of amides is 1. The van der Waals surface area contributed by atoms with Gasteiger partial charge in [0.1, 0.15) is 4.88 Å². The molecule has 1 amide bonds. The summed E-state index contributed by atoms with van der Waals surface area (Å²) in [6.45, 7) is 2.77. The summed E-state index contributed by atoms with van der Waals surface area (Å²) in [7, 11) is 1.53. The van der Waals surface area contributed by atoms with Gasteiger partial charge in [-0.2, -0.15) is 0 Å². The minimum atomic E-state index is -0.835. The lowest BCUT2D eigenvalue weighted by molar-refractivity contribution is -0.143. The zero-order chi connectivity index (χ0) is 14.9. The SMILES string of the molecule is COc1c(C(=O)N2CCC[C@@H](C(=O)O)C2)sc(C)c1Br. The van der Waals surface area contributed by atoms with Crippen LogP contribution in [0.5, 0.6) is 5.75 Å². The number of likely N-dealkylation sites (tertiary alicyclic amines) is 1. The van der Waals surface area contributed by atoms with Crippen molar-refractivity contribution in [3.05, 3.63) is 14.2 Å². The van der Waals surface area contributed by atoms with Crippen molar-refractivity contribution in [3.8, 4) is 5.75 Å². The highest BCUT2D eigenvalue weighted by molar-refractivity contribution is 9.10. The Morgan fingerprint density at radius 2 is 2.20 bits per heavy atom. The average Bonchev–Trinajstić information content (AvgIpc) is 2.73. The summed E-state index contributed by atoms with van der Waals surface area (Å²) in [5.74, 6) is -0.914. The van der Waals surface area contributed by atoms with Gasteiger partial charge in [-0.1, -0.05) is 0 Å². The van der Waals surface area contributed by atoms with Gasteiger partial charge in [-0.15, -0.1) is 11.3 Å². The molecule has 1 atom stereocenters. The van der Waals surface area contributed by atoms with Crippen LogP contribution in [-0.4, -0.2) is 42.1 Å². The summed E-state index contributed by atoms with van der Waals surface area (Å²) in [5, 5.41) is 9.09. The van der Waals surface area contributed by atoms with Crippen molar-refractivity contribution in [1.29, 1.82) is 0 Å². The molecule has 1 aliphatic heterocycles. The van der Waals surface area contributed by atoms with Gasteiger partial charge in [0.05, 0.1) is 17.5 Å². The van der Waals surface area contributed by atoms with Crippen LogP contribution in [0.4, 0.5) is 0 Å². The zero-order valence-corrected chi connectivity index (χ0v) is 13.7. The molecule has 110 valence electrons. The number of carboxylic acid groups (broad SMARTS) is 1. The molecule has 1 aromatic rings. The lowest BCUT2D eigenvalue weighted by atomic mass is 9.98. The van der Waals surface area contributed by atoms with Crippen LogP contribution in [0.15, 0.2) is 4.47 Å². The largest absolute Gasteiger partial charge is 0.494 e. The minimum absolute atomic E-state index is 0.147. The molecule has 0 aromatic carbocycles. The van der Waals surface area contributed by atoms with Gasteiger partial charge in [-0.05, 0) is 35.7 Å². The normalized spacial score (nSPS) is 18.9. The van der Waals surface area contributed by atoms with E-state index in [4.69, 9.17) is 9.84 Å². The molecule has 0 bridgehead atoms. The molecule has 1 aromatic heterocycles. The average molecular weight is 362 g/mol. The number of ether oxygens (including phenoxy) is 1. The Morgan fingerprint density at radius 3 is 2.80 bits per heavy atom. The second-order valence-corrected chi connectivity index (χ2v) is 6.78. The van der Waals surface area contributed by atoms with Gasteiger partial charge in [-0.25, -0.2) is 0 Å². The molecule has 1 saturated heterocycles. The van der Waals surface area contributed by atoms with Crippen LogP contribution in [0.25, 0.3) is 0 Å². The quantitative estimate of drug-likeness (QED) is 0.898. The Labute approximate surface area is 129 Å². The highest BCUT2D eigenvalue weighted by Crippen LogP contribution is 2.40. The maximum atomic E-state index is 12.6. The predicted octanol–water partition coefficient (Wildman–Crippen LogP) is 2.76. The highest BCUT2D eigenvalue weighted by atomic mass is 79.9. The van der Waals surface area contributed by atoms with E-state index in [9.17, 15) is 9.59 Å². The third-order valence-corrected chi connectivity index (χ3v) is 5.72. The van der Waals surface area contributed by atoms with Crippen LogP contribution in [0, 0.1) is 12.8 Å². The third-order valence-electron chi connectivity index (χ3n) is 3.43. The monoisotopic (exact) mass is 361 g/mol. The van der Waals surface area contributed by atoms with E-state index in [0.29, 0.717) is 23.6 Å². The van der Waals surface area contributed by atoms with Gasteiger partial charge in [0.2, 0.25) is 0 Å². The van der Waals surface area contributed by atoms with Crippen molar-refractivity contribution in [2.24, 2.45) is 5.92 Å².